The van der Waals surface area contributed by atoms with Gasteiger partial charge in [0.2, 0.25) is 5.91 Å². The molecule has 4 nitrogen and oxygen atoms in total. The molecule has 1 aliphatic carbocycles. The number of phenolic OH excluding ortho intramolecular Hbond substituents is 1. The van der Waals surface area contributed by atoms with Crippen molar-refractivity contribution >= 4 is 22.2 Å². The number of fused-ring (bicyclic) bond motifs is 3. The topological polar surface area (TPSA) is 58.6 Å². The Bertz CT molecular complexity index is 811. The minimum atomic E-state index is 0.0386. The van der Waals surface area contributed by atoms with Crippen molar-refractivity contribution in [3.8, 4) is 11.5 Å². The molecule has 0 fully saturated rings. The number of carbonyl (C=O) groups excluding carboxylic acids is 1. The van der Waals surface area contributed by atoms with Crippen LogP contribution in [0.2, 0.25) is 0 Å². The van der Waals surface area contributed by atoms with E-state index in [0.29, 0.717) is 18.1 Å². The van der Waals surface area contributed by atoms with Crippen LogP contribution in [0.5, 0.6) is 11.5 Å². The molecule has 5 heteroatoms. The van der Waals surface area contributed by atoms with Crippen LogP contribution >= 0.6 is 11.3 Å². The molecular weight excluding hydrogens is 322 g/mol. The molecule has 0 saturated carbocycles. The third-order valence-corrected chi connectivity index (χ3v) is 6.34. The van der Waals surface area contributed by atoms with E-state index in [1.54, 1.807) is 24.5 Å². The first-order valence-corrected chi connectivity index (χ1v) is 9.19. The number of hydrogen-bond acceptors (Lipinski definition) is 4. The zero-order valence-corrected chi connectivity index (χ0v) is 14.7. The molecule has 24 heavy (non-hydrogen) atoms. The molecule has 1 aromatic heterocycles. The number of hydrogen-bond donors (Lipinski definition) is 2. The van der Waals surface area contributed by atoms with Crippen LogP contribution in [0.3, 0.4) is 0 Å². The predicted octanol–water partition coefficient (Wildman–Crippen LogP) is 4.06. The predicted molar refractivity (Wildman–Crippen MR) is 95.3 cm³/mol. The van der Waals surface area contributed by atoms with E-state index in [0.717, 1.165) is 23.4 Å². The second kappa shape index (κ2) is 5.81. The summed E-state index contributed by atoms with van der Waals surface area (Å²) in [4.78, 5) is 13.7. The van der Waals surface area contributed by atoms with Crippen LogP contribution in [0.25, 0.3) is 0 Å². The van der Waals surface area contributed by atoms with Crippen LogP contribution in [0.1, 0.15) is 47.3 Å². The lowest BCUT2D eigenvalue weighted by atomic mass is 9.80. The molecule has 0 unspecified atom stereocenters. The number of aromatic hydroxyl groups is 1. The molecule has 0 bridgehead atoms. The van der Waals surface area contributed by atoms with E-state index in [1.165, 1.54) is 22.4 Å². The van der Waals surface area contributed by atoms with Gasteiger partial charge in [-0.05, 0) is 54.0 Å². The number of thiophene rings is 1. The maximum absolute atomic E-state index is 12.2. The number of amides is 1. The Labute approximate surface area is 145 Å². The van der Waals surface area contributed by atoms with E-state index >= 15 is 0 Å². The van der Waals surface area contributed by atoms with E-state index in [-0.39, 0.29) is 17.6 Å². The second-order valence-corrected chi connectivity index (χ2v) is 7.94. The van der Waals surface area contributed by atoms with Crippen LogP contribution < -0.4 is 10.1 Å². The second-order valence-electron chi connectivity index (χ2n) is 6.83. The third kappa shape index (κ3) is 2.47. The van der Waals surface area contributed by atoms with E-state index in [9.17, 15) is 9.90 Å². The summed E-state index contributed by atoms with van der Waals surface area (Å²) in [7, 11) is 1.55. The maximum atomic E-state index is 12.2. The van der Waals surface area contributed by atoms with Gasteiger partial charge in [-0.25, -0.2) is 0 Å². The molecule has 1 aliphatic heterocycles. The number of carbonyl (C=O) groups is 1. The summed E-state index contributed by atoms with van der Waals surface area (Å²) in [5, 5.41) is 13.9. The normalized spacial score (nSPS) is 22.5. The monoisotopic (exact) mass is 343 g/mol. The molecule has 0 saturated heterocycles. The molecule has 2 atom stereocenters. The molecule has 126 valence electrons. The average molecular weight is 343 g/mol. The molecular formula is C19H21NO3S. The Hall–Kier alpha value is -2.01. The highest BCUT2D eigenvalue weighted by Crippen LogP contribution is 2.49. The average Bonchev–Trinajstić information content (AvgIpc) is 2.91. The summed E-state index contributed by atoms with van der Waals surface area (Å²) < 4.78 is 5.25. The lowest BCUT2D eigenvalue weighted by Crippen LogP contribution is -2.23. The minimum absolute atomic E-state index is 0.0386. The van der Waals surface area contributed by atoms with Gasteiger partial charge in [0.25, 0.3) is 0 Å². The highest BCUT2D eigenvalue weighted by Gasteiger charge is 2.34. The Morgan fingerprint density at radius 1 is 1.33 bits per heavy atom. The minimum Gasteiger partial charge on any atom is -0.504 e. The van der Waals surface area contributed by atoms with Crippen molar-refractivity contribution in [2.24, 2.45) is 5.92 Å². The van der Waals surface area contributed by atoms with Gasteiger partial charge in [-0.15, -0.1) is 11.3 Å². The number of ether oxygens (including phenoxy) is 1. The number of phenols is 1. The first kappa shape index (κ1) is 15.5. The van der Waals surface area contributed by atoms with E-state index in [4.69, 9.17) is 4.74 Å². The van der Waals surface area contributed by atoms with Gasteiger partial charge >= 0.3 is 0 Å². The lowest BCUT2D eigenvalue weighted by molar-refractivity contribution is -0.116. The Balaban J connectivity index is 1.83. The molecule has 1 amide bonds. The van der Waals surface area contributed by atoms with Crippen LogP contribution in [0, 0.1) is 5.92 Å². The van der Waals surface area contributed by atoms with Gasteiger partial charge in [-0.1, -0.05) is 13.0 Å². The van der Waals surface area contributed by atoms with Crippen molar-refractivity contribution in [1.29, 1.82) is 0 Å². The number of anilines is 1. The molecule has 2 heterocycles. The fraction of sp³-hybridized carbons (Fsp3) is 0.421. The zero-order chi connectivity index (χ0) is 16.8. The summed E-state index contributed by atoms with van der Waals surface area (Å²) in [5.41, 5.74) is 3.75. The van der Waals surface area contributed by atoms with Crippen molar-refractivity contribution in [1.82, 2.24) is 0 Å². The summed E-state index contributed by atoms with van der Waals surface area (Å²) in [6.07, 6.45) is 3.84. The highest BCUT2D eigenvalue weighted by molar-refractivity contribution is 7.16. The quantitative estimate of drug-likeness (QED) is 0.864. The van der Waals surface area contributed by atoms with Gasteiger partial charge in [0, 0.05) is 17.2 Å². The van der Waals surface area contributed by atoms with Crippen LogP contribution in [0.4, 0.5) is 5.00 Å². The lowest BCUT2D eigenvalue weighted by Gasteiger charge is -2.26. The van der Waals surface area contributed by atoms with Gasteiger partial charge in [0.05, 0.1) is 12.1 Å². The Morgan fingerprint density at radius 3 is 2.96 bits per heavy atom. The van der Waals surface area contributed by atoms with Crippen LogP contribution in [0.15, 0.2) is 18.2 Å². The number of nitrogens with one attached hydrogen (secondary N) is 1. The van der Waals surface area contributed by atoms with Crippen molar-refractivity contribution in [3.63, 3.8) is 0 Å². The van der Waals surface area contributed by atoms with E-state index < -0.39 is 0 Å². The Morgan fingerprint density at radius 2 is 2.17 bits per heavy atom. The third-order valence-electron chi connectivity index (χ3n) is 5.15. The molecule has 2 aliphatic rings. The molecule has 1 aromatic carbocycles. The van der Waals surface area contributed by atoms with Crippen LogP contribution in [-0.4, -0.2) is 18.1 Å². The maximum Gasteiger partial charge on any atom is 0.225 e. The Kier molecular flexibility index (Phi) is 3.76. The number of methoxy groups -OCH3 is 1. The van der Waals surface area contributed by atoms with Gasteiger partial charge in [0.1, 0.15) is 0 Å². The molecule has 0 spiro atoms. The SMILES string of the molecule is COc1cc([C@@H]2CC(=O)Nc3sc4c(c32)CC[C@@H](C)C4)ccc1O. The van der Waals surface area contributed by atoms with Crippen molar-refractivity contribution in [2.45, 2.75) is 38.5 Å². The van der Waals surface area contributed by atoms with Gasteiger partial charge < -0.3 is 15.2 Å². The van der Waals surface area contributed by atoms with Gasteiger partial charge in [-0.2, -0.15) is 0 Å². The summed E-state index contributed by atoms with van der Waals surface area (Å²) in [5.74, 6) is 1.39. The largest absolute Gasteiger partial charge is 0.504 e. The smallest absolute Gasteiger partial charge is 0.225 e. The van der Waals surface area contributed by atoms with Crippen LogP contribution in [-0.2, 0) is 17.6 Å². The summed E-state index contributed by atoms with van der Waals surface area (Å²) >= 11 is 1.74. The molecule has 2 aromatic rings. The first-order chi connectivity index (χ1) is 11.6. The molecule has 4 rings (SSSR count). The zero-order valence-electron chi connectivity index (χ0n) is 13.9. The standard InChI is InChI=1S/C19H21NO3S/c1-10-3-5-12-16(7-10)24-19-18(12)13(9-17(22)20-19)11-4-6-14(21)15(8-11)23-2/h4,6,8,10,13,21H,3,5,7,9H2,1-2H3,(H,20,22)/t10-,13+/m1/s1. The van der Waals surface area contributed by atoms with Crippen molar-refractivity contribution < 1.29 is 14.6 Å². The van der Waals surface area contributed by atoms with E-state index in [1.807, 2.05) is 12.1 Å². The summed E-state index contributed by atoms with van der Waals surface area (Å²) in [6, 6.07) is 5.42. The fourth-order valence-corrected chi connectivity index (χ4v) is 5.39. The van der Waals surface area contributed by atoms with Gasteiger partial charge in [0.15, 0.2) is 11.5 Å². The highest BCUT2D eigenvalue weighted by atomic mass is 32.1. The molecule has 2 N–H and O–H groups in total. The first-order valence-electron chi connectivity index (χ1n) is 8.38. The fourth-order valence-electron chi connectivity index (χ4n) is 3.90. The van der Waals surface area contributed by atoms with Crippen molar-refractivity contribution in [2.75, 3.05) is 12.4 Å². The molecule has 0 radical (unpaired) electrons. The number of rotatable bonds is 2. The summed E-state index contributed by atoms with van der Waals surface area (Å²) in [6.45, 7) is 2.29. The van der Waals surface area contributed by atoms with Crippen molar-refractivity contribution in [3.05, 3.63) is 39.8 Å². The van der Waals surface area contributed by atoms with Gasteiger partial charge in [-0.3, -0.25) is 4.79 Å². The van der Waals surface area contributed by atoms with E-state index in [2.05, 4.69) is 12.2 Å². The number of benzene rings is 1.